The SMILES string of the molecule is COc1ccc(NC(=O)C2CC2)cc1.COc1cnc(N2CCC2)nc1Nc1n[nH]c2ccccc12. The Morgan fingerprint density at radius 3 is 2.47 bits per heavy atom. The summed E-state index contributed by atoms with van der Waals surface area (Å²) in [7, 11) is 3.23. The zero-order valence-electron chi connectivity index (χ0n) is 20.3. The number of carbonyl (C=O) groups excluding carboxylic acids is 1. The summed E-state index contributed by atoms with van der Waals surface area (Å²) in [6.07, 6.45) is 4.93. The molecule has 4 aromatic rings. The Bertz CT molecular complexity index is 1330. The third-order valence-corrected chi connectivity index (χ3v) is 6.11. The van der Waals surface area contributed by atoms with E-state index in [1.807, 2.05) is 48.5 Å². The number of nitrogens with one attached hydrogen (secondary N) is 3. The molecule has 2 aromatic carbocycles. The van der Waals surface area contributed by atoms with Crippen molar-refractivity contribution in [2.75, 3.05) is 42.8 Å². The topological polar surface area (TPSA) is 117 Å². The van der Waals surface area contributed by atoms with Gasteiger partial charge in [0.05, 0.1) is 25.9 Å². The molecular weight excluding hydrogens is 458 g/mol. The van der Waals surface area contributed by atoms with Gasteiger partial charge >= 0.3 is 0 Å². The Morgan fingerprint density at radius 2 is 1.81 bits per heavy atom. The van der Waals surface area contributed by atoms with Gasteiger partial charge in [0.15, 0.2) is 17.4 Å². The van der Waals surface area contributed by atoms with Crippen LogP contribution in [0, 0.1) is 5.92 Å². The molecule has 36 heavy (non-hydrogen) atoms. The maximum atomic E-state index is 11.4. The largest absolute Gasteiger partial charge is 0.497 e. The lowest BCUT2D eigenvalue weighted by atomic mass is 10.2. The Morgan fingerprint density at radius 1 is 1.03 bits per heavy atom. The summed E-state index contributed by atoms with van der Waals surface area (Å²) in [5.41, 5.74) is 1.81. The highest BCUT2D eigenvalue weighted by atomic mass is 16.5. The van der Waals surface area contributed by atoms with Gasteiger partial charge in [0.1, 0.15) is 5.75 Å². The van der Waals surface area contributed by atoms with Crippen LogP contribution in [0.2, 0.25) is 0 Å². The summed E-state index contributed by atoms with van der Waals surface area (Å²) in [4.78, 5) is 22.4. The molecular formula is C26H29N7O3. The maximum absolute atomic E-state index is 11.4. The molecule has 1 aliphatic carbocycles. The van der Waals surface area contributed by atoms with Crippen molar-refractivity contribution in [3.05, 3.63) is 54.7 Å². The zero-order chi connectivity index (χ0) is 24.9. The van der Waals surface area contributed by atoms with Crippen LogP contribution in [0.15, 0.2) is 54.7 Å². The number of hydrogen-bond donors (Lipinski definition) is 3. The smallest absolute Gasteiger partial charge is 0.227 e. The molecule has 0 atom stereocenters. The second-order valence-electron chi connectivity index (χ2n) is 8.66. The fourth-order valence-corrected chi connectivity index (χ4v) is 3.70. The predicted octanol–water partition coefficient (Wildman–Crippen LogP) is 4.36. The molecule has 3 heterocycles. The van der Waals surface area contributed by atoms with Crippen LogP contribution >= 0.6 is 0 Å². The van der Waals surface area contributed by atoms with E-state index in [2.05, 4.69) is 35.7 Å². The molecule has 2 aliphatic rings. The van der Waals surface area contributed by atoms with E-state index >= 15 is 0 Å². The first-order valence-corrected chi connectivity index (χ1v) is 12.0. The van der Waals surface area contributed by atoms with Gasteiger partial charge in [0.2, 0.25) is 11.9 Å². The number of amides is 1. The fraction of sp³-hybridized carbons (Fsp3) is 0.308. The molecule has 10 heteroatoms. The Kier molecular flexibility index (Phi) is 6.83. The average molecular weight is 488 g/mol. The molecule has 0 radical (unpaired) electrons. The van der Waals surface area contributed by atoms with E-state index in [-0.39, 0.29) is 11.8 Å². The number of nitrogens with zero attached hydrogens (tertiary/aromatic N) is 4. The Hall–Kier alpha value is -4.34. The number of ether oxygens (including phenoxy) is 2. The van der Waals surface area contributed by atoms with Crippen LogP contribution in [0.4, 0.5) is 23.3 Å². The zero-order valence-corrected chi connectivity index (χ0v) is 20.3. The van der Waals surface area contributed by atoms with Gasteiger partial charge in [-0.15, -0.1) is 0 Å². The molecule has 10 nitrogen and oxygen atoms in total. The van der Waals surface area contributed by atoms with E-state index in [1.54, 1.807) is 20.4 Å². The second-order valence-corrected chi connectivity index (χ2v) is 8.66. The minimum atomic E-state index is 0.134. The maximum Gasteiger partial charge on any atom is 0.227 e. The van der Waals surface area contributed by atoms with Crippen LogP contribution in [0.25, 0.3) is 10.9 Å². The third-order valence-electron chi connectivity index (χ3n) is 6.11. The predicted molar refractivity (Wildman–Crippen MR) is 139 cm³/mol. The fourth-order valence-electron chi connectivity index (χ4n) is 3.70. The number of para-hydroxylation sites is 1. The molecule has 1 amide bonds. The summed E-state index contributed by atoms with van der Waals surface area (Å²) in [5.74, 6) is 3.84. The average Bonchev–Trinajstić information content (AvgIpc) is 3.66. The molecule has 0 spiro atoms. The first-order valence-electron chi connectivity index (χ1n) is 12.0. The number of aromatic nitrogens is 4. The van der Waals surface area contributed by atoms with Gasteiger partial charge in [-0.3, -0.25) is 9.89 Å². The van der Waals surface area contributed by atoms with Crippen molar-refractivity contribution in [1.82, 2.24) is 20.2 Å². The van der Waals surface area contributed by atoms with Crippen LogP contribution in [0.3, 0.4) is 0 Å². The standard InChI is InChI=1S/C15H16N6O.C11H13NO2/c1-22-12-9-16-15(21-7-4-8-21)18-14(12)17-13-10-5-2-3-6-11(10)19-20-13;1-14-10-6-4-9(5-7-10)12-11(13)8-2-3-8/h2-3,5-6,9H,4,7-8H2,1H3,(H2,16,17,18,19,20);4-8H,2-3H2,1H3,(H,12,13). The van der Waals surface area contributed by atoms with Crippen molar-refractivity contribution in [3.8, 4) is 11.5 Å². The normalized spacial score (nSPS) is 14.3. The molecule has 6 rings (SSSR count). The number of benzene rings is 2. The minimum absolute atomic E-state index is 0.134. The van der Waals surface area contributed by atoms with E-state index in [0.29, 0.717) is 11.6 Å². The second kappa shape index (κ2) is 10.5. The highest BCUT2D eigenvalue weighted by molar-refractivity contribution is 5.94. The first-order chi connectivity index (χ1) is 17.6. The molecule has 2 fully saturated rings. The lowest BCUT2D eigenvalue weighted by molar-refractivity contribution is -0.117. The number of H-pyrrole nitrogens is 1. The molecule has 186 valence electrons. The van der Waals surface area contributed by atoms with E-state index in [9.17, 15) is 4.79 Å². The van der Waals surface area contributed by atoms with Crippen LogP contribution in [-0.2, 0) is 4.79 Å². The number of hydrogen-bond acceptors (Lipinski definition) is 8. The van der Waals surface area contributed by atoms with Crippen molar-refractivity contribution < 1.29 is 14.3 Å². The van der Waals surface area contributed by atoms with Gasteiger partial charge in [0, 0.05) is 30.1 Å². The molecule has 1 saturated heterocycles. The number of fused-ring (bicyclic) bond motifs is 1. The Labute approximate surface area is 209 Å². The molecule has 0 unspecified atom stereocenters. The Balaban J connectivity index is 0.000000165. The van der Waals surface area contributed by atoms with E-state index in [4.69, 9.17) is 9.47 Å². The van der Waals surface area contributed by atoms with Crippen LogP contribution in [0.5, 0.6) is 11.5 Å². The van der Waals surface area contributed by atoms with Gasteiger partial charge in [-0.25, -0.2) is 4.98 Å². The number of anilines is 4. The molecule has 2 aromatic heterocycles. The quantitative estimate of drug-likeness (QED) is 0.352. The molecule has 1 saturated carbocycles. The van der Waals surface area contributed by atoms with E-state index in [0.717, 1.165) is 60.0 Å². The van der Waals surface area contributed by atoms with Gasteiger partial charge < -0.3 is 25.0 Å². The number of rotatable bonds is 7. The van der Waals surface area contributed by atoms with Crippen molar-refractivity contribution in [3.63, 3.8) is 0 Å². The van der Waals surface area contributed by atoms with Crippen molar-refractivity contribution in [2.24, 2.45) is 5.92 Å². The number of aromatic amines is 1. The minimum Gasteiger partial charge on any atom is -0.497 e. The summed E-state index contributed by atoms with van der Waals surface area (Å²) < 4.78 is 10.4. The van der Waals surface area contributed by atoms with Crippen molar-refractivity contribution >= 4 is 40.1 Å². The van der Waals surface area contributed by atoms with Crippen LogP contribution < -0.4 is 25.0 Å². The van der Waals surface area contributed by atoms with E-state index < -0.39 is 0 Å². The van der Waals surface area contributed by atoms with Gasteiger partial charge in [-0.1, -0.05) is 12.1 Å². The lowest BCUT2D eigenvalue weighted by Gasteiger charge is -2.31. The summed E-state index contributed by atoms with van der Waals surface area (Å²) in [5, 5.41) is 14.4. The molecule has 3 N–H and O–H groups in total. The van der Waals surface area contributed by atoms with Crippen molar-refractivity contribution in [2.45, 2.75) is 19.3 Å². The summed E-state index contributed by atoms with van der Waals surface area (Å²) >= 11 is 0. The summed E-state index contributed by atoms with van der Waals surface area (Å²) in [6, 6.07) is 15.3. The summed E-state index contributed by atoms with van der Waals surface area (Å²) in [6.45, 7) is 1.99. The molecule has 1 aliphatic heterocycles. The van der Waals surface area contributed by atoms with Crippen LogP contribution in [-0.4, -0.2) is 53.4 Å². The van der Waals surface area contributed by atoms with Gasteiger partial charge in [0.25, 0.3) is 0 Å². The van der Waals surface area contributed by atoms with Gasteiger partial charge in [-0.05, 0) is 55.7 Å². The van der Waals surface area contributed by atoms with E-state index in [1.165, 1.54) is 6.42 Å². The van der Waals surface area contributed by atoms with Gasteiger partial charge in [-0.2, -0.15) is 10.1 Å². The third kappa shape index (κ3) is 5.32. The monoisotopic (exact) mass is 487 g/mol. The highest BCUT2D eigenvalue weighted by Crippen LogP contribution is 2.31. The highest BCUT2D eigenvalue weighted by Gasteiger charge is 2.29. The van der Waals surface area contributed by atoms with Crippen LogP contribution in [0.1, 0.15) is 19.3 Å². The molecule has 0 bridgehead atoms. The number of carbonyl (C=O) groups is 1. The number of methoxy groups -OCH3 is 2. The van der Waals surface area contributed by atoms with Crippen molar-refractivity contribution in [1.29, 1.82) is 0 Å². The lowest BCUT2D eigenvalue weighted by Crippen LogP contribution is -2.38. The first kappa shape index (κ1) is 23.4.